The van der Waals surface area contributed by atoms with Gasteiger partial charge in [0, 0.05) is 18.8 Å². The molecule has 1 aliphatic heterocycles. The van der Waals surface area contributed by atoms with Crippen LogP contribution >= 0.6 is 0 Å². The van der Waals surface area contributed by atoms with Gasteiger partial charge >= 0.3 is 0 Å². The Morgan fingerprint density at radius 1 is 1.21 bits per heavy atom. The van der Waals surface area contributed by atoms with Crippen molar-refractivity contribution in [1.82, 2.24) is 20.1 Å². The summed E-state index contributed by atoms with van der Waals surface area (Å²) in [4.78, 5) is 19.3. The molecule has 0 aliphatic carbocycles. The van der Waals surface area contributed by atoms with Crippen LogP contribution in [0, 0.1) is 5.82 Å². The maximum Gasteiger partial charge on any atom is 0.274 e. The average molecular weight is 380 g/mol. The van der Waals surface area contributed by atoms with Crippen LogP contribution < -0.4 is 4.74 Å². The van der Waals surface area contributed by atoms with Gasteiger partial charge in [-0.1, -0.05) is 12.1 Å². The number of aromatic amines is 1. The largest absolute Gasteiger partial charge is 0.487 e. The van der Waals surface area contributed by atoms with Crippen LogP contribution in [0.2, 0.25) is 0 Å². The smallest absolute Gasteiger partial charge is 0.274 e. The molecule has 0 bridgehead atoms. The van der Waals surface area contributed by atoms with Crippen molar-refractivity contribution in [1.29, 1.82) is 0 Å². The first kappa shape index (κ1) is 18.2. The lowest BCUT2D eigenvalue weighted by Crippen LogP contribution is -2.39. The molecule has 7 heteroatoms. The molecule has 1 saturated heterocycles. The Labute approximate surface area is 162 Å². The van der Waals surface area contributed by atoms with E-state index in [2.05, 4.69) is 15.2 Å². The number of benzene rings is 1. The van der Waals surface area contributed by atoms with Crippen LogP contribution in [0.25, 0.3) is 0 Å². The van der Waals surface area contributed by atoms with Gasteiger partial charge in [0.25, 0.3) is 5.91 Å². The van der Waals surface area contributed by atoms with Gasteiger partial charge in [-0.25, -0.2) is 4.39 Å². The van der Waals surface area contributed by atoms with E-state index in [-0.39, 0.29) is 24.4 Å². The molecule has 3 heterocycles. The van der Waals surface area contributed by atoms with Crippen molar-refractivity contribution >= 4 is 5.91 Å². The van der Waals surface area contributed by atoms with E-state index in [1.807, 2.05) is 23.1 Å². The number of hydrogen-bond donors (Lipinski definition) is 1. The van der Waals surface area contributed by atoms with Crippen LogP contribution in [0.15, 0.2) is 54.7 Å². The third-order valence-electron chi connectivity index (χ3n) is 4.83. The molecule has 2 aromatic heterocycles. The normalized spacial score (nSPS) is 16.8. The quantitative estimate of drug-likeness (QED) is 0.729. The van der Waals surface area contributed by atoms with Gasteiger partial charge in [0.05, 0.1) is 17.4 Å². The zero-order valence-corrected chi connectivity index (χ0v) is 15.3. The molecule has 3 aromatic rings. The summed E-state index contributed by atoms with van der Waals surface area (Å²) in [6, 6.07) is 13.4. The van der Waals surface area contributed by atoms with E-state index in [1.54, 1.807) is 24.4 Å². The molecule has 1 aliphatic rings. The predicted octanol–water partition coefficient (Wildman–Crippen LogP) is 3.89. The fraction of sp³-hybridized carbons (Fsp3) is 0.286. The minimum absolute atomic E-state index is 0.0360. The Hall–Kier alpha value is -3.22. The monoisotopic (exact) mass is 380 g/mol. The molecule has 6 nitrogen and oxygen atoms in total. The van der Waals surface area contributed by atoms with Crippen LogP contribution in [0.5, 0.6) is 5.75 Å². The third-order valence-corrected chi connectivity index (χ3v) is 4.83. The van der Waals surface area contributed by atoms with E-state index in [4.69, 9.17) is 4.74 Å². The lowest BCUT2D eigenvalue weighted by molar-refractivity contribution is 0.0600. The van der Waals surface area contributed by atoms with Crippen molar-refractivity contribution in [3.63, 3.8) is 0 Å². The fourth-order valence-electron chi connectivity index (χ4n) is 3.47. The van der Waals surface area contributed by atoms with Gasteiger partial charge in [-0.05, 0) is 49.6 Å². The second kappa shape index (κ2) is 8.21. The summed E-state index contributed by atoms with van der Waals surface area (Å²) in [5, 5.41) is 6.99. The highest BCUT2D eigenvalue weighted by Crippen LogP contribution is 2.30. The number of carbonyl (C=O) groups is 1. The number of halogens is 1. The first-order chi connectivity index (χ1) is 13.7. The Balaban J connectivity index is 1.45. The summed E-state index contributed by atoms with van der Waals surface area (Å²) in [5.74, 6) is -0.0547. The third kappa shape index (κ3) is 4.03. The van der Waals surface area contributed by atoms with Crippen LogP contribution in [-0.2, 0) is 6.61 Å². The molecule has 0 radical (unpaired) electrons. The van der Waals surface area contributed by atoms with Gasteiger partial charge in [-0.2, -0.15) is 5.10 Å². The van der Waals surface area contributed by atoms with Crippen molar-refractivity contribution in [3.8, 4) is 5.75 Å². The van der Waals surface area contributed by atoms with E-state index < -0.39 is 0 Å². The highest BCUT2D eigenvalue weighted by molar-refractivity contribution is 5.92. The van der Waals surface area contributed by atoms with E-state index in [0.29, 0.717) is 23.7 Å². The molecule has 144 valence electrons. The summed E-state index contributed by atoms with van der Waals surface area (Å²) in [6.45, 7) is 0.857. The van der Waals surface area contributed by atoms with Crippen LogP contribution in [0.4, 0.5) is 4.39 Å². The van der Waals surface area contributed by atoms with Crippen molar-refractivity contribution in [2.75, 3.05) is 6.54 Å². The van der Waals surface area contributed by atoms with Crippen molar-refractivity contribution in [3.05, 3.63) is 77.6 Å². The molecular weight excluding hydrogens is 359 g/mol. The number of pyridine rings is 1. The summed E-state index contributed by atoms with van der Waals surface area (Å²) >= 11 is 0. The maximum atomic E-state index is 13.2. The van der Waals surface area contributed by atoms with Crippen LogP contribution in [0.3, 0.4) is 0 Å². The number of piperidine rings is 1. The maximum absolute atomic E-state index is 13.2. The topological polar surface area (TPSA) is 71.1 Å². The van der Waals surface area contributed by atoms with E-state index in [0.717, 1.165) is 25.0 Å². The first-order valence-corrected chi connectivity index (χ1v) is 9.35. The zero-order chi connectivity index (χ0) is 19.3. The number of nitrogens with zero attached hydrogens (tertiary/aromatic N) is 3. The number of rotatable bonds is 5. The Morgan fingerprint density at radius 3 is 2.96 bits per heavy atom. The molecule has 1 unspecified atom stereocenters. The number of hydrogen-bond acceptors (Lipinski definition) is 4. The molecule has 0 spiro atoms. The number of carbonyl (C=O) groups excluding carboxylic acids is 1. The molecule has 1 amide bonds. The van der Waals surface area contributed by atoms with Gasteiger partial charge < -0.3 is 9.64 Å². The molecule has 28 heavy (non-hydrogen) atoms. The number of likely N-dealkylation sites (tertiary alicyclic amines) is 1. The number of amides is 1. The van der Waals surface area contributed by atoms with E-state index in [1.165, 1.54) is 12.1 Å². The summed E-state index contributed by atoms with van der Waals surface area (Å²) in [5.41, 5.74) is 1.90. The Bertz CT molecular complexity index is 944. The van der Waals surface area contributed by atoms with Gasteiger partial charge in [0.2, 0.25) is 0 Å². The van der Waals surface area contributed by atoms with Crippen LogP contribution in [-0.4, -0.2) is 32.5 Å². The van der Waals surface area contributed by atoms with E-state index >= 15 is 0 Å². The fourth-order valence-corrected chi connectivity index (χ4v) is 3.47. The Kier molecular flexibility index (Phi) is 5.32. The van der Waals surface area contributed by atoms with Gasteiger partial charge in [0.1, 0.15) is 18.2 Å². The second-order valence-corrected chi connectivity index (χ2v) is 6.79. The number of H-pyrrole nitrogens is 1. The Morgan fingerprint density at radius 2 is 2.14 bits per heavy atom. The summed E-state index contributed by atoms with van der Waals surface area (Å²) in [6.07, 6.45) is 4.68. The van der Waals surface area contributed by atoms with Gasteiger partial charge in [-0.15, -0.1) is 0 Å². The lowest BCUT2D eigenvalue weighted by atomic mass is 9.98. The molecule has 1 N–H and O–H groups in total. The van der Waals surface area contributed by atoms with Crippen molar-refractivity contribution in [2.45, 2.75) is 31.9 Å². The number of ether oxygens (including phenoxy) is 1. The van der Waals surface area contributed by atoms with Crippen molar-refractivity contribution in [2.24, 2.45) is 0 Å². The number of nitrogens with one attached hydrogen (secondary N) is 1. The van der Waals surface area contributed by atoms with Crippen LogP contribution in [0.1, 0.15) is 47.2 Å². The zero-order valence-electron chi connectivity index (χ0n) is 15.3. The molecule has 1 atom stereocenters. The highest BCUT2D eigenvalue weighted by atomic mass is 19.1. The first-order valence-electron chi connectivity index (χ1n) is 9.35. The summed E-state index contributed by atoms with van der Waals surface area (Å²) in [7, 11) is 0. The standard InChI is InChI=1S/C21H21FN4O2/c22-15-6-5-7-17(12-15)28-14-16-13-19(25-24-16)21(27)26-11-4-2-9-20(26)18-8-1-3-10-23-18/h1,3,5-8,10,12-13,20H,2,4,9,11,14H2,(H,24,25). The average Bonchev–Trinajstić information content (AvgIpc) is 3.21. The molecule has 1 aromatic carbocycles. The van der Waals surface area contributed by atoms with Gasteiger partial charge in [0.15, 0.2) is 5.69 Å². The summed E-state index contributed by atoms with van der Waals surface area (Å²) < 4.78 is 18.8. The molecule has 1 fully saturated rings. The number of aromatic nitrogens is 3. The SMILES string of the molecule is O=C(c1cc(COc2cccc(F)c2)[nH]n1)N1CCCCC1c1ccccn1. The predicted molar refractivity (Wildman–Crippen MR) is 101 cm³/mol. The lowest BCUT2D eigenvalue weighted by Gasteiger charge is -2.34. The molecular formula is C21H21FN4O2. The molecule has 4 rings (SSSR count). The molecule has 0 saturated carbocycles. The van der Waals surface area contributed by atoms with Crippen molar-refractivity contribution < 1.29 is 13.9 Å². The second-order valence-electron chi connectivity index (χ2n) is 6.79. The van der Waals surface area contributed by atoms with Gasteiger partial charge in [-0.3, -0.25) is 14.9 Å². The minimum Gasteiger partial charge on any atom is -0.487 e. The van der Waals surface area contributed by atoms with E-state index in [9.17, 15) is 9.18 Å². The highest BCUT2D eigenvalue weighted by Gasteiger charge is 2.30. The minimum atomic E-state index is -0.358.